The molecule has 1 amide bonds. The normalized spacial score (nSPS) is 12.4. The molecule has 6 nitrogen and oxygen atoms in total. The minimum atomic E-state index is -0.661. The topological polar surface area (TPSA) is 95.9 Å². The summed E-state index contributed by atoms with van der Waals surface area (Å²) in [5.41, 5.74) is 0. The van der Waals surface area contributed by atoms with Gasteiger partial charge in [-0.1, -0.05) is 475 Å². The summed E-state index contributed by atoms with van der Waals surface area (Å²) in [5.74, 6) is 0.00203. The monoisotopic (exact) mass is 1350 g/mol. The zero-order chi connectivity index (χ0) is 69.1. The molecule has 572 valence electrons. The Morgan fingerprint density at radius 3 is 0.740 bits per heavy atom. The standard InChI is InChI=1S/C90H177NO5/c1-3-5-7-9-11-13-15-17-19-21-23-24-40-43-47-50-54-58-62-66-70-74-78-82-88(93)87(86-92)91-89(94)83-79-75-71-67-63-59-55-51-48-44-41-38-36-34-32-30-28-26-25-27-29-31-33-35-37-39-42-45-49-53-57-61-65-69-73-77-81-85-96-90(95)84-80-76-72-68-64-60-56-52-46-22-20-18-16-14-12-10-8-6-4-2/h18,20,87-88,92-93H,3-17,19,21-86H2,1-2H3,(H,91,94)/b20-18-. The molecule has 2 atom stereocenters. The number of unbranched alkanes of at least 4 members (excludes halogenated alkanes) is 73. The number of amides is 1. The third-order valence-electron chi connectivity index (χ3n) is 21.6. The largest absolute Gasteiger partial charge is 0.466 e. The van der Waals surface area contributed by atoms with E-state index in [9.17, 15) is 19.8 Å². The van der Waals surface area contributed by atoms with Crippen molar-refractivity contribution in [2.75, 3.05) is 13.2 Å². The van der Waals surface area contributed by atoms with E-state index >= 15 is 0 Å². The van der Waals surface area contributed by atoms with Gasteiger partial charge in [0.15, 0.2) is 0 Å². The van der Waals surface area contributed by atoms with E-state index in [1.54, 1.807) is 0 Å². The Labute approximate surface area is 603 Å². The van der Waals surface area contributed by atoms with Crippen LogP contribution in [0.3, 0.4) is 0 Å². The van der Waals surface area contributed by atoms with E-state index < -0.39 is 12.1 Å². The molecule has 0 fully saturated rings. The van der Waals surface area contributed by atoms with Crippen molar-refractivity contribution in [2.24, 2.45) is 0 Å². The second kappa shape index (κ2) is 86.0. The first-order valence-corrected chi connectivity index (χ1v) is 44.9. The smallest absolute Gasteiger partial charge is 0.305 e. The van der Waals surface area contributed by atoms with Crippen LogP contribution in [-0.4, -0.2) is 47.4 Å². The SMILES string of the molecule is CCCCCCCC/C=C\CCCCCCCCCCCC(=O)OCCCCCCCCCCCCCCCCCCCCCCCCCCCCCCCCCCCCCCCC(=O)NC(CO)C(O)CCCCCCCCCCCCCCCCCCCCCCCCC. The van der Waals surface area contributed by atoms with Gasteiger partial charge in [0.05, 0.1) is 25.4 Å². The quantitative estimate of drug-likeness (QED) is 0.0320. The lowest BCUT2D eigenvalue weighted by atomic mass is 10.0. The first-order valence-electron chi connectivity index (χ1n) is 44.9. The molecular formula is C90H177NO5. The summed E-state index contributed by atoms with van der Waals surface area (Å²) in [7, 11) is 0. The molecule has 0 aliphatic rings. The molecule has 2 unspecified atom stereocenters. The molecule has 0 aromatic carbocycles. The van der Waals surface area contributed by atoms with Crippen molar-refractivity contribution in [2.45, 2.75) is 540 Å². The summed E-state index contributed by atoms with van der Waals surface area (Å²) in [4.78, 5) is 24.7. The molecule has 0 aliphatic heterocycles. The highest BCUT2D eigenvalue weighted by Crippen LogP contribution is 2.22. The molecule has 0 saturated carbocycles. The number of allylic oxidation sites excluding steroid dienone is 2. The lowest BCUT2D eigenvalue weighted by molar-refractivity contribution is -0.143. The van der Waals surface area contributed by atoms with Crippen LogP contribution in [0, 0.1) is 0 Å². The first kappa shape index (κ1) is 94.6. The Bertz CT molecular complexity index is 1470. The van der Waals surface area contributed by atoms with Crippen molar-refractivity contribution in [3.8, 4) is 0 Å². The third kappa shape index (κ3) is 81.6. The molecule has 3 N–H and O–H groups in total. The van der Waals surface area contributed by atoms with Crippen LogP contribution in [0.15, 0.2) is 12.2 Å². The van der Waals surface area contributed by atoms with Gasteiger partial charge in [-0.2, -0.15) is 0 Å². The summed E-state index contributed by atoms with van der Waals surface area (Å²) in [6, 6.07) is -0.538. The fourth-order valence-electron chi connectivity index (χ4n) is 14.8. The fraction of sp³-hybridized carbons (Fsp3) is 0.956. The van der Waals surface area contributed by atoms with Crippen LogP contribution >= 0.6 is 0 Å². The number of hydrogen-bond donors (Lipinski definition) is 3. The van der Waals surface area contributed by atoms with Crippen molar-refractivity contribution in [1.82, 2.24) is 5.32 Å². The van der Waals surface area contributed by atoms with Crippen LogP contribution in [-0.2, 0) is 14.3 Å². The molecule has 96 heavy (non-hydrogen) atoms. The van der Waals surface area contributed by atoms with Gasteiger partial charge in [-0.05, 0) is 51.4 Å². The molecular weight excluding hydrogens is 1170 g/mol. The molecule has 0 heterocycles. The fourth-order valence-corrected chi connectivity index (χ4v) is 14.8. The maximum absolute atomic E-state index is 12.6. The van der Waals surface area contributed by atoms with E-state index in [1.807, 2.05) is 0 Å². The highest BCUT2D eigenvalue weighted by Gasteiger charge is 2.20. The van der Waals surface area contributed by atoms with E-state index in [4.69, 9.17) is 4.74 Å². The average molecular weight is 1350 g/mol. The Balaban J connectivity index is 3.29. The van der Waals surface area contributed by atoms with Crippen LogP contribution in [0.1, 0.15) is 528 Å². The van der Waals surface area contributed by atoms with Gasteiger partial charge in [0, 0.05) is 12.8 Å². The molecule has 6 heteroatoms. The predicted octanol–water partition coefficient (Wildman–Crippen LogP) is 30.2. The zero-order valence-corrected chi connectivity index (χ0v) is 65.9. The zero-order valence-electron chi connectivity index (χ0n) is 65.9. The molecule has 0 rings (SSSR count). The number of hydrogen-bond acceptors (Lipinski definition) is 5. The summed E-state index contributed by atoms with van der Waals surface area (Å²) in [6.45, 7) is 5.02. The number of esters is 1. The number of aliphatic hydroxyl groups is 2. The van der Waals surface area contributed by atoms with Gasteiger partial charge in [-0.3, -0.25) is 9.59 Å². The molecule has 0 aliphatic carbocycles. The molecule has 0 radical (unpaired) electrons. The Hall–Kier alpha value is -1.40. The molecule has 0 saturated heterocycles. The van der Waals surface area contributed by atoms with Crippen molar-refractivity contribution >= 4 is 11.9 Å². The minimum absolute atomic E-state index is 0.0225. The summed E-state index contributed by atoms with van der Waals surface area (Å²) < 4.78 is 5.53. The highest BCUT2D eigenvalue weighted by atomic mass is 16.5. The van der Waals surface area contributed by atoms with E-state index in [2.05, 4.69) is 31.3 Å². The van der Waals surface area contributed by atoms with E-state index in [1.165, 1.54) is 456 Å². The second-order valence-electron chi connectivity index (χ2n) is 31.3. The van der Waals surface area contributed by atoms with Crippen LogP contribution in [0.4, 0.5) is 0 Å². The van der Waals surface area contributed by atoms with Crippen molar-refractivity contribution in [3.63, 3.8) is 0 Å². The van der Waals surface area contributed by atoms with E-state index in [0.29, 0.717) is 25.9 Å². The second-order valence-corrected chi connectivity index (χ2v) is 31.3. The van der Waals surface area contributed by atoms with Gasteiger partial charge in [-0.15, -0.1) is 0 Å². The van der Waals surface area contributed by atoms with E-state index in [-0.39, 0.29) is 18.5 Å². The average Bonchev–Trinajstić information content (AvgIpc) is 3.69. The Morgan fingerprint density at radius 1 is 0.281 bits per heavy atom. The third-order valence-corrected chi connectivity index (χ3v) is 21.6. The Morgan fingerprint density at radius 2 is 0.490 bits per heavy atom. The maximum atomic E-state index is 12.6. The minimum Gasteiger partial charge on any atom is -0.466 e. The van der Waals surface area contributed by atoms with E-state index in [0.717, 1.165) is 38.5 Å². The number of ether oxygens (including phenoxy) is 1. The number of carbonyl (C=O) groups is 2. The summed E-state index contributed by atoms with van der Waals surface area (Å²) >= 11 is 0. The van der Waals surface area contributed by atoms with Crippen molar-refractivity contribution in [3.05, 3.63) is 12.2 Å². The lowest BCUT2D eigenvalue weighted by Crippen LogP contribution is -2.45. The van der Waals surface area contributed by atoms with Gasteiger partial charge in [0.25, 0.3) is 0 Å². The summed E-state index contributed by atoms with van der Waals surface area (Å²) in [5, 5.41) is 23.5. The first-order chi connectivity index (χ1) is 47.5. The van der Waals surface area contributed by atoms with Gasteiger partial charge in [0.1, 0.15) is 0 Å². The van der Waals surface area contributed by atoms with Crippen LogP contribution in [0.25, 0.3) is 0 Å². The van der Waals surface area contributed by atoms with Crippen molar-refractivity contribution in [1.29, 1.82) is 0 Å². The number of aliphatic hydroxyl groups excluding tert-OH is 2. The lowest BCUT2D eigenvalue weighted by Gasteiger charge is -2.22. The number of carbonyl (C=O) groups excluding carboxylic acids is 2. The predicted molar refractivity (Wildman–Crippen MR) is 426 cm³/mol. The van der Waals surface area contributed by atoms with Crippen LogP contribution in [0.5, 0.6) is 0 Å². The van der Waals surface area contributed by atoms with Gasteiger partial charge in [-0.25, -0.2) is 0 Å². The molecule has 0 aromatic rings. The molecule has 0 bridgehead atoms. The van der Waals surface area contributed by atoms with Crippen LogP contribution in [0.2, 0.25) is 0 Å². The summed E-state index contributed by atoms with van der Waals surface area (Å²) in [6.07, 6.45) is 111. The maximum Gasteiger partial charge on any atom is 0.305 e. The van der Waals surface area contributed by atoms with Gasteiger partial charge < -0.3 is 20.3 Å². The van der Waals surface area contributed by atoms with Gasteiger partial charge in [0.2, 0.25) is 5.91 Å². The van der Waals surface area contributed by atoms with Gasteiger partial charge >= 0.3 is 5.97 Å². The number of nitrogens with one attached hydrogen (secondary N) is 1. The molecule has 0 spiro atoms. The van der Waals surface area contributed by atoms with Crippen molar-refractivity contribution < 1.29 is 24.5 Å². The Kier molecular flexibility index (Phi) is 84.8. The number of rotatable bonds is 86. The highest BCUT2D eigenvalue weighted by molar-refractivity contribution is 5.76. The molecule has 0 aromatic heterocycles. The van der Waals surface area contributed by atoms with Crippen LogP contribution < -0.4 is 5.32 Å².